The van der Waals surface area contributed by atoms with Crippen molar-refractivity contribution >= 4 is 55.7 Å². The number of fused-ring (bicyclic) bond motifs is 1. The first-order chi connectivity index (χ1) is 17.2. The third kappa shape index (κ3) is 3.94. The number of hydrogen-bond donors (Lipinski definition) is 1. The molecule has 1 unspecified atom stereocenters. The Bertz CT molecular complexity index is 1550. The summed E-state index contributed by atoms with van der Waals surface area (Å²) >= 11 is 7.50. The van der Waals surface area contributed by atoms with Crippen LogP contribution in [0.3, 0.4) is 0 Å². The molecule has 3 aromatic carbocycles. The monoisotopic (exact) mass is 518 g/mol. The van der Waals surface area contributed by atoms with Gasteiger partial charge in [-0.2, -0.15) is 0 Å². The second kappa shape index (κ2) is 9.08. The van der Waals surface area contributed by atoms with Crippen LogP contribution in [0.2, 0.25) is 5.02 Å². The average Bonchev–Trinajstić information content (AvgIpc) is 3.36. The molecule has 1 amide bonds. The minimum Gasteiger partial charge on any atom is -0.507 e. The molecule has 2 heterocycles. The fraction of sp³-hybridized carbons (Fsp3) is 0.179. The summed E-state index contributed by atoms with van der Waals surface area (Å²) in [5, 5.41) is 12.1. The van der Waals surface area contributed by atoms with Crippen molar-refractivity contribution in [2.45, 2.75) is 26.8 Å². The molecule has 36 heavy (non-hydrogen) atoms. The molecule has 0 spiro atoms. The molecule has 1 aliphatic heterocycles. The van der Waals surface area contributed by atoms with Gasteiger partial charge in [0.1, 0.15) is 11.5 Å². The number of hydrogen-bond acceptors (Lipinski definition) is 6. The van der Waals surface area contributed by atoms with Gasteiger partial charge in [-0.25, -0.2) is 4.98 Å². The zero-order chi connectivity index (χ0) is 25.7. The number of aryl methyl sites for hydroxylation is 3. The van der Waals surface area contributed by atoms with Crippen molar-refractivity contribution in [3.63, 3.8) is 0 Å². The maximum Gasteiger partial charge on any atom is 0.301 e. The van der Waals surface area contributed by atoms with Gasteiger partial charge in [-0.1, -0.05) is 52.8 Å². The highest BCUT2D eigenvalue weighted by Gasteiger charge is 2.48. The van der Waals surface area contributed by atoms with E-state index in [-0.39, 0.29) is 11.3 Å². The Labute approximate surface area is 217 Å². The Kier molecular flexibility index (Phi) is 6.06. The van der Waals surface area contributed by atoms with Gasteiger partial charge < -0.3 is 9.84 Å². The molecule has 4 aromatic rings. The largest absolute Gasteiger partial charge is 0.507 e. The van der Waals surface area contributed by atoms with E-state index in [4.69, 9.17) is 21.3 Å². The van der Waals surface area contributed by atoms with Crippen molar-refractivity contribution < 1.29 is 19.4 Å². The fourth-order valence-corrected chi connectivity index (χ4v) is 5.69. The molecule has 0 radical (unpaired) electrons. The first-order valence-corrected chi connectivity index (χ1v) is 12.5. The van der Waals surface area contributed by atoms with Crippen molar-refractivity contribution in [2.24, 2.45) is 0 Å². The summed E-state index contributed by atoms with van der Waals surface area (Å²) in [6.07, 6.45) is 0. The van der Waals surface area contributed by atoms with Crippen LogP contribution in [0.1, 0.15) is 33.9 Å². The highest BCUT2D eigenvalue weighted by Crippen LogP contribution is 2.45. The van der Waals surface area contributed by atoms with Crippen molar-refractivity contribution in [3.05, 3.63) is 93.0 Å². The van der Waals surface area contributed by atoms with Crippen LogP contribution >= 0.6 is 22.9 Å². The normalized spacial score (nSPS) is 17.2. The number of rotatable bonds is 4. The predicted octanol–water partition coefficient (Wildman–Crippen LogP) is 6.51. The van der Waals surface area contributed by atoms with Gasteiger partial charge in [-0.05, 0) is 67.8 Å². The van der Waals surface area contributed by atoms with Crippen LogP contribution in [0, 0.1) is 20.8 Å². The summed E-state index contributed by atoms with van der Waals surface area (Å²) in [7, 11) is 1.47. The fourth-order valence-electron chi connectivity index (χ4n) is 4.42. The molecule has 1 aliphatic rings. The molecule has 1 atom stereocenters. The van der Waals surface area contributed by atoms with Crippen LogP contribution in [-0.2, 0) is 9.59 Å². The van der Waals surface area contributed by atoms with E-state index in [1.165, 1.54) is 23.3 Å². The number of ketones is 1. The van der Waals surface area contributed by atoms with Gasteiger partial charge in [0.2, 0.25) is 0 Å². The molecule has 0 bridgehead atoms. The van der Waals surface area contributed by atoms with E-state index >= 15 is 0 Å². The summed E-state index contributed by atoms with van der Waals surface area (Å²) in [4.78, 5) is 33.0. The van der Waals surface area contributed by atoms with Crippen LogP contribution < -0.4 is 9.64 Å². The quantitative estimate of drug-likeness (QED) is 0.189. The lowest BCUT2D eigenvalue weighted by Gasteiger charge is -2.23. The van der Waals surface area contributed by atoms with Gasteiger partial charge in [0, 0.05) is 5.56 Å². The van der Waals surface area contributed by atoms with Crippen molar-refractivity contribution in [2.75, 3.05) is 12.0 Å². The van der Waals surface area contributed by atoms with E-state index in [2.05, 4.69) is 0 Å². The number of methoxy groups -OCH3 is 1. The van der Waals surface area contributed by atoms with Gasteiger partial charge in [0.05, 0.1) is 34.0 Å². The lowest BCUT2D eigenvalue weighted by atomic mass is 9.94. The zero-order valence-corrected chi connectivity index (χ0v) is 21.7. The molecule has 1 saturated heterocycles. The number of carbonyl (C=O) groups is 2. The Hall–Kier alpha value is -3.68. The van der Waals surface area contributed by atoms with Crippen molar-refractivity contribution in [1.82, 2.24) is 4.98 Å². The number of aliphatic hydroxyl groups excluding tert-OH is 1. The van der Waals surface area contributed by atoms with Gasteiger partial charge in [0.15, 0.2) is 5.13 Å². The van der Waals surface area contributed by atoms with Crippen molar-refractivity contribution in [3.8, 4) is 5.75 Å². The molecule has 6 nitrogen and oxygen atoms in total. The second-order valence-corrected chi connectivity index (χ2v) is 10.2. The summed E-state index contributed by atoms with van der Waals surface area (Å²) < 4.78 is 6.20. The summed E-state index contributed by atoms with van der Waals surface area (Å²) in [6, 6.07) is 15.4. The molecular weight excluding hydrogens is 496 g/mol. The number of amides is 1. The molecular formula is C28H23ClN2O4S. The van der Waals surface area contributed by atoms with E-state index in [9.17, 15) is 14.7 Å². The Morgan fingerprint density at radius 1 is 1.06 bits per heavy atom. The summed E-state index contributed by atoms with van der Waals surface area (Å²) in [6.45, 7) is 5.96. The molecule has 1 fully saturated rings. The van der Waals surface area contributed by atoms with Crippen LogP contribution in [0.5, 0.6) is 5.75 Å². The minimum absolute atomic E-state index is 0.0124. The van der Waals surface area contributed by atoms with Gasteiger partial charge in [-0.3, -0.25) is 14.5 Å². The Morgan fingerprint density at radius 2 is 1.81 bits per heavy atom. The molecule has 0 aliphatic carbocycles. The SMILES string of the molecule is COc1cc(/C(O)=C2\C(=O)C(=O)N(c3nc4cc(C)c(C)cc4s3)C2c2cccc(C)c2)ccc1Cl. The first-order valence-electron chi connectivity index (χ1n) is 11.3. The third-order valence-electron chi connectivity index (χ3n) is 6.43. The average molecular weight is 519 g/mol. The van der Waals surface area contributed by atoms with Crippen LogP contribution in [0.25, 0.3) is 16.0 Å². The number of Topliss-reactive ketones (excluding diaryl/α,β-unsaturated/α-hetero) is 1. The Morgan fingerprint density at radius 3 is 2.53 bits per heavy atom. The number of nitrogens with zero attached hydrogens (tertiary/aromatic N) is 2. The maximum absolute atomic E-state index is 13.5. The number of halogens is 1. The third-order valence-corrected chi connectivity index (χ3v) is 7.76. The number of ether oxygens (including phenoxy) is 1. The van der Waals surface area contributed by atoms with E-state index in [0.717, 1.165) is 26.9 Å². The maximum atomic E-state index is 13.5. The number of thiazole rings is 1. The van der Waals surface area contributed by atoms with Gasteiger partial charge >= 0.3 is 5.91 Å². The lowest BCUT2D eigenvalue weighted by molar-refractivity contribution is -0.132. The second-order valence-electron chi connectivity index (χ2n) is 8.83. The topological polar surface area (TPSA) is 79.7 Å². The zero-order valence-electron chi connectivity index (χ0n) is 20.1. The predicted molar refractivity (Wildman–Crippen MR) is 143 cm³/mol. The van der Waals surface area contributed by atoms with Crippen LogP contribution in [0.15, 0.2) is 60.2 Å². The van der Waals surface area contributed by atoms with Crippen LogP contribution in [0.4, 0.5) is 5.13 Å². The standard InChI is InChI=1S/C28H23ClN2O4S/c1-14-6-5-7-17(10-14)24-23(25(32)18-8-9-19(29)21(13-18)35-4)26(33)27(34)31(24)28-30-20-11-15(2)16(3)12-22(20)36-28/h5-13,24,32H,1-4H3/b25-23+. The summed E-state index contributed by atoms with van der Waals surface area (Å²) in [5.41, 5.74) is 4.93. The minimum atomic E-state index is -0.852. The number of benzene rings is 3. The van der Waals surface area contributed by atoms with Gasteiger partial charge in [-0.15, -0.1) is 0 Å². The smallest absolute Gasteiger partial charge is 0.301 e. The van der Waals surface area contributed by atoms with Crippen LogP contribution in [-0.4, -0.2) is 28.9 Å². The Balaban J connectivity index is 1.74. The number of anilines is 1. The molecule has 8 heteroatoms. The highest BCUT2D eigenvalue weighted by atomic mass is 35.5. The van der Waals surface area contributed by atoms with E-state index < -0.39 is 17.7 Å². The van der Waals surface area contributed by atoms with Gasteiger partial charge in [0.25, 0.3) is 5.78 Å². The summed E-state index contributed by atoms with van der Waals surface area (Å²) in [5.74, 6) is -1.47. The lowest BCUT2D eigenvalue weighted by Crippen LogP contribution is -2.29. The molecule has 0 saturated carbocycles. The number of carbonyl (C=O) groups excluding carboxylic acids is 2. The number of aliphatic hydroxyl groups is 1. The molecule has 5 rings (SSSR count). The van der Waals surface area contributed by atoms with E-state index in [1.54, 1.807) is 18.2 Å². The highest BCUT2D eigenvalue weighted by molar-refractivity contribution is 7.22. The molecule has 182 valence electrons. The molecule has 1 N–H and O–H groups in total. The number of aromatic nitrogens is 1. The molecule has 1 aromatic heterocycles. The van der Waals surface area contributed by atoms with Crippen molar-refractivity contribution in [1.29, 1.82) is 0 Å². The van der Waals surface area contributed by atoms with E-state index in [1.807, 2.05) is 57.2 Å². The first kappa shape index (κ1) is 24.0. The van der Waals surface area contributed by atoms with E-state index in [0.29, 0.717) is 27.0 Å².